The number of hydrogen-bond acceptors (Lipinski definition) is 3. The number of rotatable bonds is 1. The van der Waals surface area contributed by atoms with Crippen LogP contribution in [-0.4, -0.2) is 18.7 Å². The van der Waals surface area contributed by atoms with Crippen LogP contribution in [0.5, 0.6) is 0 Å². The van der Waals surface area contributed by atoms with Crippen LogP contribution in [0.15, 0.2) is 24.3 Å². The Hall–Kier alpha value is -1.56. The number of hydrogen-bond donors (Lipinski definition) is 1. The van der Waals surface area contributed by atoms with Crippen molar-refractivity contribution >= 4 is 5.97 Å². The molecule has 0 bridgehead atoms. The fourth-order valence-electron chi connectivity index (χ4n) is 1.76. The van der Waals surface area contributed by atoms with Crippen molar-refractivity contribution in [1.82, 2.24) is 5.32 Å². The topological polar surface area (TPSA) is 38.3 Å². The van der Waals surface area contributed by atoms with Crippen LogP contribution >= 0.6 is 0 Å². The molecule has 3 nitrogen and oxygen atoms in total. The SMILES string of the molecule is O=C(OC1CNCc2ccccc21)C(F)(F)F. The number of carbonyl (C=O) groups is 1. The van der Waals surface area contributed by atoms with E-state index in [1.165, 1.54) is 0 Å². The molecule has 92 valence electrons. The van der Waals surface area contributed by atoms with Gasteiger partial charge in [-0.25, -0.2) is 4.79 Å². The predicted octanol–water partition coefficient (Wildman–Crippen LogP) is 1.94. The normalized spacial score (nSPS) is 19.6. The van der Waals surface area contributed by atoms with E-state index in [1.54, 1.807) is 24.3 Å². The number of carbonyl (C=O) groups excluding carboxylic acids is 1. The van der Waals surface area contributed by atoms with E-state index < -0.39 is 18.2 Å². The van der Waals surface area contributed by atoms with Crippen LogP contribution in [-0.2, 0) is 16.1 Å². The lowest BCUT2D eigenvalue weighted by Gasteiger charge is -2.26. The molecule has 0 saturated heterocycles. The Morgan fingerprint density at radius 1 is 1.35 bits per heavy atom. The second-order valence-electron chi connectivity index (χ2n) is 3.72. The Morgan fingerprint density at radius 3 is 2.76 bits per heavy atom. The van der Waals surface area contributed by atoms with Gasteiger partial charge in [-0.05, 0) is 11.1 Å². The number of fused-ring (bicyclic) bond motifs is 1. The molecule has 0 fully saturated rings. The minimum absolute atomic E-state index is 0.193. The van der Waals surface area contributed by atoms with Crippen molar-refractivity contribution in [3.63, 3.8) is 0 Å². The van der Waals surface area contributed by atoms with Gasteiger partial charge in [0.25, 0.3) is 0 Å². The summed E-state index contributed by atoms with van der Waals surface area (Å²) in [6.45, 7) is 0.759. The zero-order chi connectivity index (χ0) is 12.5. The molecule has 1 aliphatic heterocycles. The van der Waals surface area contributed by atoms with Gasteiger partial charge in [0.2, 0.25) is 0 Å². The Balaban J connectivity index is 2.17. The van der Waals surface area contributed by atoms with Crippen LogP contribution in [0.2, 0.25) is 0 Å². The van der Waals surface area contributed by atoms with Crippen molar-refractivity contribution in [2.24, 2.45) is 0 Å². The van der Waals surface area contributed by atoms with E-state index in [1.807, 2.05) is 0 Å². The van der Waals surface area contributed by atoms with Crippen molar-refractivity contribution in [3.05, 3.63) is 35.4 Å². The van der Waals surface area contributed by atoms with Gasteiger partial charge in [-0.3, -0.25) is 0 Å². The third-order valence-corrected chi connectivity index (χ3v) is 2.53. The first-order chi connectivity index (χ1) is 7.98. The maximum atomic E-state index is 12.1. The Morgan fingerprint density at radius 2 is 2.06 bits per heavy atom. The maximum absolute atomic E-state index is 12.1. The van der Waals surface area contributed by atoms with Crippen LogP contribution in [0.3, 0.4) is 0 Å². The summed E-state index contributed by atoms with van der Waals surface area (Å²) in [6, 6.07) is 6.95. The molecule has 0 radical (unpaired) electrons. The molecular formula is C11H10F3NO2. The predicted molar refractivity (Wildman–Crippen MR) is 53.0 cm³/mol. The van der Waals surface area contributed by atoms with Gasteiger partial charge in [0.05, 0.1) is 0 Å². The molecule has 0 spiro atoms. The highest BCUT2D eigenvalue weighted by Gasteiger charge is 2.42. The molecule has 0 aliphatic carbocycles. The average molecular weight is 245 g/mol. The number of alkyl halides is 3. The summed E-state index contributed by atoms with van der Waals surface area (Å²) in [5.41, 5.74) is 1.47. The number of benzene rings is 1. The van der Waals surface area contributed by atoms with Gasteiger partial charge < -0.3 is 10.1 Å². The number of ether oxygens (including phenoxy) is 1. The van der Waals surface area contributed by atoms with Gasteiger partial charge in [-0.15, -0.1) is 0 Å². The van der Waals surface area contributed by atoms with Crippen LogP contribution in [0.4, 0.5) is 13.2 Å². The van der Waals surface area contributed by atoms with Gasteiger partial charge >= 0.3 is 12.1 Å². The highest BCUT2D eigenvalue weighted by molar-refractivity contribution is 5.76. The van der Waals surface area contributed by atoms with Crippen LogP contribution in [0.25, 0.3) is 0 Å². The molecule has 0 saturated carbocycles. The minimum atomic E-state index is -4.95. The molecule has 1 aliphatic rings. The van der Waals surface area contributed by atoms with Gasteiger partial charge in [0.1, 0.15) is 6.10 Å². The molecule has 0 aromatic heterocycles. The Kier molecular flexibility index (Phi) is 3.06. The number of halogens is 3. The van der Waals surface area contributed by atoms with Crippen LogP contribution in [0.1, 0.15) is 17.2 Å². The van der Waals surface area contributed by atoms with Gasteiger partial charge in [-0.1, -0.05) is 24.3 Å². The van der Waals surface area contributed by atoms with Crippen molar-refractivity contribution in [2.75, 3.05) is 6.54 Å². The molecule has 1 atom stereocenters. The minimum Gasteiger partial charge on any atom is -0.449 e. The molecule has 1 N–H and O–H groups in total. The molecular weight excluding hydrogens is 235 g/mol. The average Bonchev–Trinajstić information content (AvgIpc) is 2.28. The third-order valence-electron chi connectivity index (χ3n) is 2.53. The standard InChI is InChI=1S/C11H10F3NO2/c12-11(13,14)10(16)17-9-6-15-5-7-3-1-2-4-8(7)9/h1-4,9,15H,5-6H2. The zero-order valence-electron chi connectivity index (χ0n) is 8.75. The maximum Gasteiger partial charge on any atom is 0.490 e. The summed E-state index contributed by atoms with van der Waals surface area (Å²) in [5.74, 6) is -2.15. The fourth-order valence-corrected chi connectivity index (χ4v) is 1.76. The summed E-state index contributed by atoms with van der Waals surface area (Å²) in [6.07, 6.45) is -5.83. The highest BCUT2D eigenvalue weighted by atomic mass is 19.4. The lowest BCUT2D eigenvalue weighted by Crippen LogP contribution is -2.34. The van der Waals surface area contributed by atoms with Crippen molar-refractivity contribution in [2.45, 2.75) is 18.8 Å². The second-order valence-corrected chi connectivity index (χ2v) is 3.72. The van der Waals surface area contributed by atoms with Crippen molar-refractivity contribution in [3.8, 4) is 0 Å². The highest BCUT2D eigenvalue weighted by Crippen LogP contribution is 2.27. The quantitative estimate of drug-likeness (QED) is 0.768. The molecule has 0 amide bonds. The Bertz CT molecular complexity index is 431. The molecule has 17 heavy (non-hydrogen) atoms. The summed E-state index contributed by atoms with van der Waals surface area (Å²) >= 11 is 0. The molecule has 2 rings (SSSR count). The summed E-state index contributed by atoms with van der Waals surface area (Å²) in [7, 11) is 0. The Labute approximate surface area is 95.6 Å². The second kappa shape index (κ2) is 4.37. The molecule has 1 aromatic carbocycles. The lowest BCUT2D eigenvalue weighted by atomic mass is 9.99. The first kappa shape index (κ1) is 11.9. The van der Waals surface area contributed by atoms with E-state index in [9.17, 15) is 18.0 Å². The smallest absolute Gasteiger partial charge is 0.449 e. The molecule has 6 heteroatoms. The van der Waals surface area contributed by atoms with Crippen LogP contribution < -0.4 is 5.32 Å². The van der Waals surface area contributed by atoms with Gasteiger partial charge in [0.15, 0.2) is 0 Å². The third kappa shape index (κ3) is 2.58. The number of nitrogens with one attached hydrogen (secondary N) is 1. The first-order valence-electron chi connectivity index (χ1n) is 5.05. The summed E-state index contributed by atoms with van der Waals surface area (Å²) < 4.78 is 40.7. The summed E-state index contributed by atoms with van der Waals surface area (Å²) in [4.78, 5) is 10.8. The van der Waals surface area contributed by atoms with E-state index >= 15 is 0 Å². The zero-order valence-corrected chi connectivity index (χ0v) is 8.75. The fraction of sp³-hybridized carbons (Fsp3) is 0.364. The lowest BCUT2D eigenvalue weighted by molar-refractivity contribution is -0.205. The van der Waals surface area contributed by atoms with Crippen molar-refractivity contribution < 1.29 is 22.7 Å². The van der Waals surface area contributed by atoms with E-state index in [-0.39, 0.29) is 6.54 Å². The van der Waals surface area contributed by atoms with Gasteiger partial charge in [-0.2, -0.15) is 13.2 Å². The van der Waals surface area contributed by atoms with E-state index in [2.05, 4.69) is 10.1 Å². The molecule has 1 aromatic rings. The van der Waals surface area contributed by atoms with Gasteiger partial charge in [0, 0.05) is 13.1 Å². The number of esters is 1. The van der Waals surface area contributed by atoms with Crippen molar-refractivity contribution in [1.29, 1.82) is 0 Å². The van der Waals surface area contributed by atoms with E-state index in [0.717, 1.165) is 5.56 Å². The first-order valence-corrected chi connectivity index (χ1v) is 5.05. The van der Waals surface area contributed by atoms with E-state index in [0.29, 0.717) is 12.1 Å². The van der Waals surface area contributed by atoms with E-state index in [4.69, 9.17) is 0 Å². The monoisotopic (exact) mass is 245 g/mol. The summed E-state index contributed by atoms with van der Waals surface area (Å²) in [5, 5.41) is 2.90. The largest absolute Gasteiger partial charge is 0.490 e. The molecule has 1 heterocycles. The molecule has 1 unspecified atom stereocenters. The van der Waals surface area contributed by atoms with Crippen LogP contribution in [0, 0.1) is 0 Å².